The number of carbonyl (C=O) groups excluding carboxylic acids is 4. The lowest BCUT2D eigenvalue weighted by atomic mass is 9.73. The molecule has 0 unspecified atom stereocenters. The van der Waals surface area contributed by atoms with Gasteiger partial charge in [0.25, 0.3) is 5.91 Å². The third-order valence-electron chi connectivity index (χ3n) is 7.41. The van der Waals surface area contributed by atoms with Crippen molar-refractivity contribution in [2.24, 2.45) is 11.8 Å². The molecule has 3 atom stereocenters. The van der Waals surface area contributed by atoms with Gasteiger partial charge < -0.3 is 10.1 Å². The minimum atomic E-state index is -0.731. The molecule has 0 aromatic heterocycles. The zero-order valence-electron chi connectivity index (χ0n) is 20.9. The summed E-state index contributed by atoms with van der Waals surface area (Å²) in [6.07, 6.45) is 2.12. The lowest BCUT2D eigenvalue weighted by Crippen LogP contribution is -2.31. The average Bonchev–Trinajstić information content (AvgIpc) is 3.19. The Balaban J connectivity index is 1.25. The number of fused-ring (bicyclic) bond motifs is 1. The summed E-state index contributed by atoms with van der Waals surface area (Å²) in [5, 5.41) is 3.18. The molecule has 2 aliphatic rings. The molecule has 0 spiro atoms. The third-order valence-corrected chi connectivity index (χ3v) is 7.82. The Hall–Kier alpha value is -3.97. The molecule has 194 valence electrons. The number of amides is 3. The fraction of sp³-hybridized carbons (Fsp3) is 0.267. The molecule has 8 heteroatoms. The fourth-order valence-corrected chi connectivity index (χ4v) is 5.55. The Morgan fingerprint density at radius 1 is 0.947 bits per heavy atom. The number of ether oxygens (including phenoxy) is 1. The highest BCUT2D eigenvalue weighted by atomic mass is 35.5. The summed E-state index contributed by atoms with van der Waals surface area (Å²) in [5.41, 5.74) is 2.90. The van der Waals surface area contributed by atoms with E-state index in [4.69, 9.17) is 16.3 Å². The minimum Gasteiger partial charge on any atom is -0.452 e. The number of esters is 1. The maximum atomic E-state index is 13.4. The highest BCUT2D eigenvalue weighted by Crippen LogP contribution is 2.45. The Morgan fingerprint density at radius 2 is 1.68 bits per heavy atom. The number of rotatable bonds is 6. The number of hydrogen-bond acceptors (Lipinski definition) is 5. The molecule has 0 radical (unpaired) electrons. The predicted octanol–water partition coefficient (Wildman–Crippen LogP) is 5.52. The summed E-state index contributed by atoms with van der Waals surface area (Å²) < 4.78 is 5.19. The number of nitrogens with zero attached hydrogens (tertiary/aromatic N) is 1. The van der Waals surface area contributed by atoms with E-state index in [0.717, 1.165) is 6.42 Å². The molecule has 3 aromatic rings. The number of imide groups is 1. The molecule has 0 bridgehead atoms. The number of hydrogen-bond donors (Lipinski definition) is 1. The van der Waals surface area contributed by atoms with Gasteiger partial charge in [-0.3, -0.25) is 19.3 Å². The second-order valence-electron chi connectivity index (χ2n) is 9.73. The maximum absolute atomic E-state index is 13.4. The van der Waals surface area contributed by atoms with Gasteiger partial charge in [0.1, 0.15) is 0 Å². The Bertz CT molecular complexity index is 1410. The van der Waals surface area contributed by atoms with Crippen LogP contribution in [0.25, 0.3) is 0 Å². The smallest absolute Gasteiger partial charge is 0.338 e. The Morgan fingerprint density at radius 3 is 2.47 bits per heavy atom. The van der Waals surface area contributed by atoms with E-state index in [0.29, 0.717) is 34.8 Å². The summed E-state index contributed by atoms with van der Waals surface area (Å²) in [7, 11) is 0. The van der Waals surface area contributed by atoms with Crippen molar-refractivity contribution in [3.05, 3.63) is 94.5 Å². The number of nitrogens with one attached hydrogen (secondary N) is 1. The van der Waals surface area contributed by atoms with Crippen LogP contribution in [0.15, 0.2) is 72.8 Å². The van der Waals surface area contributed by atoms with Crippen LogP contribution in [0.4, 0.5) is 11.4 Å². The Kier molecular flexibility index (Phi) is 7.29. The largest absolute Gasteiger partial charge is 0.452 e. The normalized spacial score (nSPS) is 20.7. The molecule has 1 saturated carbocycles. The standard InChI is InChI=1S/C30H27ClN2O5/c1-18-25(31)11-6-12-26(18)32-27(34)17-38-30(37)21-9-5-10-22(15-21)33-28(35)23-14-13-20(16-24(23)29(33)36)19-7-3-2-4-8-19/h2-12,15,20,23-24H,13-14,16-17H2,1H3,(H,32,34)/t20-,23-,24+/m1/s1. The molecule has 1 N–H and O–H groups in total. The lowest BCUT2D eigenvalue weighted by Gasteiger charge is -2.28. The minimum absolute atomic E-state index is 0.145. The second kappa shape index (κ2) is 10.8. The van der Waals surface area contributed by atoms with Gasteiger partial charge in [-0.1, -0.05) is 54.1 Å². The first-order valence-corrected chi connectivity index (χ1v) is 13.0. The van der Waals surface area contributed by atoms with Crippen molar-refractivity contribution in [2.45, 2.75) is 32.1 Å². The van der Waals surface area contributed by atoms with Crippen LogP contribution in [0.3, 0.4) is 0 Å². The van der Waals surface area contributed by atoms with Crippen LogP contribution < -0.4 is 10.2 Å². The molecule has 1 aliphatic carbocycles. The monoisotopic (exact) mass is 530 g/mol. The zero-order chi connectivity index (χ0) is 26.8. The van der Waals surface area contributed by atoms with E-state index in [1.165, 1.54) is 22.6 Å². The van der Waals surface area contributed by atoms with E-state index >= 15 is 0 Å². The molecule has 3 amide bonds. The van der Waals surface area contributed by atoms with Gasteiger partial charge in [0.05, 0.1) is 23.1 Å². The van der Waals surface area contributed by atoms with Crippen LogP contribution in [0.5, 0.6) is 0 Å². The van der Waals surface area contributed by atoms with Crippen LogP contribution in [-0.2, 0) is 19.1 Å². The first-order chi connectivity index (χ1) is 18.3. The van der Waals surface area contributed by atoms with Gasteiger partial charge in [-0.15, -0.1) is 0 Å². The topological polar surface area (TPSA) is 92.8 Å². The van der Waals surface area contributed by atoms with Crippen molar-refractivity contribution in [1.29, 1.82) is 0 Å². The van der Waals surface area contributed by atoms with E-state index in [2.05, 4.69) is 17.4 Å². The van der Waals surface area contributed by atoms with Gasteiger partial charge in [0.2, 0.25) is 11.8 Å². The molecule has 1 heterocycles. The Labute approximate surface area is 225 Å². The van der Waals surface area contributed by atoms with Gasteiger partial charge >= 0.3 is 5.97 Å². The van der Waals surface area contributed by atoms with Crippen molar-refractivity contribution in [1.82, 2.24) is 0 Å². The van der Waals surface area contributed by atoms with Crippen molar-refractivity contribution < 1.29 is 23.9 Å². The van der Waals surface area contributed by atoms with Crippen molar-refractivity contribution in [3.63, 3.8) is 0 Å². The molecule has 5 rings (SSSR count). The van der Waals surface area contributed by atoms with Crippen LogP contribution in [0.1, 0.15) is 46.7 Å². The predicted molar refractivity (Wildman–Crippen MR) is 144 cm³/mol. The number of anilines is 2. The van der Waals surface area contributed by atoms with E-state index in [-0.39, 0.29) is 35.1 Å². The first kappa shape index (κ1) is 25.7. The van der Waals surface area contributed by atoms with E-state index in [1.54, 1.807) is 37.3 Å². The van der Waals surface area contributed by atoms with Crippen LogP contribution in [0, 0.1) is 18.8 Å². The maximum Gasteiger partial charge on any atom is 0.338 e. The third kappa shape index (κ3) is 5.07. The highest BCUT2D eigenvalue weighted by Gasteiger charge is 2.50. The molecular formula is C30H27ClN2O5. The second-order valence-corrected chi connectivity index (χ2v) is 10.1. The highest BCUT2D eigenvalue weighted by molar-refractivity contribution is 6.31. The summed E-state index contributed by atoms with van der Waals surface area (Å²) in [5.74, 6) is -2.20. The SMILES string of the molecule is Cc1c(Cl)cccc1NC(=O)COC(=O)c1cccc(N2C(=O)[C@H]3C[C@H](c4ccccc4)CC[C@H]3C2=O)c1. The lowest BCUT2D eigenvalue weighted by molar-refractivity contribution is -0.122. The number of halogens is 1. The van der Waals surface area contributed by atoms with Gasteiger partial charge in [0.15, 0.2) is 6.61 Å². The summed E-state index contributed by atoms with van der Waals surface area (Å²) in [6, 6.07) is 21.4. The molecule has 2 fully saturated rings. The van der Waals surface area contributed by atoms with Crippen molar-refractivity contribution in [3.8, 4) is 0 Å². The molecule has 7 nitrogen and oxygen atoms in total. The van der Waals surface area contributed by atoms with Gasteiger partial charge in [-0.25, -0.2) is 4.79 Å². The van der Waals surface area contributed by atoms with Crippen LogP contribution in [-0.4, -0.2) is 30.3 Å². The number of benzene rings is 3. The molecular weight excluding hydrogens is 504 g/mol. The molecule has 1 aliphatic heterocycles. The fourth-order valence-electron chi connectivity index (χ4n) is 5.38. The van der Waals surface area contributed by atoms with Gasteiger partial charge in [-0.2, -0.15) is 0 Å². The van der Waals surface area contributed by atoms with Crippen LogP contribution >= 0.6 is 11.6 Å². The van der Waals surface area contributed by atoms with Gasteiger partial charge in [0, 0.05) is 10.7 Å². The molecule has 3 aromatic carbocycles. The summed E-state index contributed by atoms with van der Waals surface area (Å²) in [4.78, 5) is 52.8. The number of carbonyl (C=O) groups is 4. The van der Waals surface area contributed by atoms with Gasteiger partial charge in [-0.05, 0) is 73.6 Å². The quantitative estimate of drug-likeness (QED) is 0.335. The summed E-state index contributed by atoms with van der Waals surface area (Å²) >= 11 is 6.08. The van der Waals surface area contributed by atoms with E-state index in [1.807, 2.05) is 18.2 Å². The van der Waals surface area contributed by atoms with E-state index in [9.17, 15) is 19.2 Å². The van der Waals surface area contributed by atoms with E-state index < -0.39 is 18.5 Å². The average molecular weight is 531 g/mol. The zero-order valence-corrected chi connectivity index (χ0v) is 21.6. The van der Waals surface area contributed by atoms with Crippen molar-refractivity contribution >= 4 is 46.7 Å². The molecule has 1 saturated heterocycles. The molecule has 38 heavy (non-hydrogen) atoms. The first-order valence-electron chi connectivity index (χ1n) is 12.6. The summed E-state index contributed by atoms with van der Waals surface area (Å²) in [6.45, 7) is 1.27. The van der Waals surface area contributed by atoms with Crippen molar-refractivity contribution in [2.75, 3.05) is 16.8 Å². The van der Waals surface area contributed by atoms with Crippen LogP contribution in [0.2, 0.25) is 5.02 Å².